The Bertz CT molecular complexity index is 871. The van der Waals surface area contributed by atoms with Crippen LogP contribution < -0.4 is 9.46 Å². The highest BCUT2D eigenvalue weighted by atomic mass is 35.5. The van der Waals surface area contributed by atoms with Crippen LogP contribution in [0.2, 0.25) is 5.02 Å². The quantitative estimate of drug-likeness (QED) is 0.779. The first kappa shape index (κ1) is 19.6. The van der Waals surface area contributed by atoms with Gasteiger partial charge in [0.1, 0.15) is 5.75 Å². The van der Waals surface area contributed by atoms with Gasteiger partial charge in [-0.05, 0) is 55.2 Å². The van der Waals surface area contributed by atoms with Gasteiger partial charge in [-0.1, -0.05) is 38.4 Å². The molecule has 0 aliphatic carbocycles. The summed E-state index contributed by atoms with van der Waals surface area (Å²) in [7, 11) is -3.73. The van der Waals surface area contributed by atoms with Gasteiger partial charge in [0, 0.05) is 10.6 Å². The Labute approximate surface area is 155 Å². The van der Waals surface area contributed by atoms with Crippen LogP contribution in [0.3, 0.4) is 0 Å². The maximum Gasteiger partial charge on any atom is 0.261 e. The third-order valence-electron chi connectivity index (χ3n) is 3.81. The van der Waals surface area contributed by atoms with E-state index in [2.05, 4.69) is 4.72 Å². The molecule has 0 atom stereocenters. The minimum absolute atomic E-state index is 0.195. The lowest BCUT2D eigenvalue weighted by atomic mass is 9.86. The molecule has 2 aromatic rings. The minimum atomic E-state index is -3.73. The van der Waals surface area contributed by atoms with Crippen molar-refractivity contribution in [3.05, 3.63) is 52.5 Å². The summed E-state index contributed by atoms with van der Waals surface area (Å²) < 4.78 is 33.9. The number of ether oxygens (including phenoxy) is 1. The zero-order valence-corrected chi connectivity index (χ0v) is 16.8. The van der Waals surface area contributed by atoms with E-state index in [1.165, 1.54) is 0 Å². The van der Waals surface area contributed by atoms with Gasteiger partial charge in [0.15, 0.2) is 0 Å². The molecule has 0 amide bonds. The van der Waals surface area contributed by atoms with Gasteiger partial charge < -0.3 is 4.74 Å². The van der Waals surface area contributed by atoms with E-state index in [0.717, 1.165) is 11.1 Å². The highest BCUT2D eigenvalue weighted by molar-refractivity contribution is 7.92. The summed E-state index contributed by atoms with van der Waals surface area (Å²) in [6, 6.07) is 10.1. The molecule has 0 unspecified atom stereocenters. The van der Waals surface area contributed by atoms with Crippen LogP contribution in [0, 0.1) is 6.92 Å². The third kappa shape index (κ3) is 4.67. The normalized spacial score (nSPS) is 12.1. The van der Waals surface area contributed by atoms with Crippen LogP contribution in [-0.2, 0) is 15.4 Å². The van der Waals surface area contributed by atoms with Crippen LogP contribution in [0.15, 0.2) is 41.3 Å². The van der Waals surface area contributed by atoms with Crippen LogP contribution in [0.5, 0.6) is 5.75 Å². The van der Waals surface area contributed by atoms with E-state index in [0.29, 0.717) is 23.1 Å². The van der Waals surface area contributed by atoms with Crippen LogP contribution >= 0.6 is 11.6 Å². The average Bonchev–Trinajstić information content (AvgIpc) is 2.50. The van der Waals surface area contributed by atoms with Crippen LogP contribution in [0.25, 0.3) is 0 Å². The van der Waals surface area contributed by atoms with Crippen molar-refractivity contribution in [1.82, 2.24) is 0 Å². The lowest BCUT2D eigenvalue weighted by Crippen LogP contribution is -2.18. The predicted octanol–water partition coefficient (Wildman–Crippen LogP) is 5.15. The van der Waals surface area contributed by atoms with E-state index >= 15 is 0 Å². The molecule has 0 fully saturated rings. The van der Waals surface area contributed by atoms with Crippen LogP contribution in [0.1, 0.15) is 38.8 Å². The van der Waals surface area contributed by atoms with E-state index in [-0.39, 0.29) is 10.3 Å². The molecule has 2 aromatic carbocycles. The van der Waals surface area contributed by atoms with Crippen molar-refractivity contribution in [2.45, 2.75) is 44.9 Å². The molecule has 4 nitrogen and oxygen atoms in total. The smallest absolute Gasteiger partial charge is 0.261 e. The van der Waals surface area contributed by atoms with Gasteiger partial charge in [-0.2, -0.15) is 0 Å². The standard InChI is InChI=1S/C19H24ClNO3S/c1-6-24-18-10-9-15(12-16(18)19(3,4)5)25(22,23)21-17-11-14(20)8-7-13(17)2/h7-12,21H,6H2,1-5H3. The number of benzene rings is 2. The molecule has 0 heterocycles. The molecular weight excluding hydrogens is 358 g/mol. The Kier molecular flexibility index (Phi) is 5.69. The minimum Gasteiger partial charge on any atom is -0.494 e. The Morgan fingerprint density at radius 1 is 1.12 bits per heavy atom. The fraction of sp³-hybridized carbons (Fsp3) is 0.368. The molecule has 1 N–H and O–H groups in total. The molecule has 0 aliphatic rings. The molecule has 0 saturated heterocycles. The number of halogens is 1. The summed E-state index contributed by atoms with van der Waals surface area (Å²) in [5.41, 5.74) is 1.87. The van der Waals surface area contributed by atoms with Crippen molar-refractivity contribution in [3.63, 3.8) is 0 Å². The fourth-order valence-electron chi connectivity index (χ4n) is 2.45. The largest absolute Gasteiger partial charge is 0.494 e. The summed E-state index contributed by atoms with van der Waals surface area (Å²) in [6.07, 6.45) is 0. The molecule has 136 valence electrons. The first-order chi connectivity index (χ1) is 11.5. The highest BCUT2D eigenvalue weighted by Crippen LogP contribution is 2.34. The second-order valence-electron chi connectivity index (χ2n) is 6.91. The van der Waals surface area contributed by atoms with Crippen LogP contribution in [-0.4, -0.2) is 15.0 Å². The molecule has 6 heteroatoms. The van der Waals surface area contributed by atoms with Crippen molar-refractivity contribution in [1.29, 1.82) is 0 Å². The summed E-state index contributed by atoms with van der Waals surface area (Å²) >= 11 is 5.98. The van der Waals surface area contributed by atoms with E-state index in [1.807, 2.05) is 34.6 Å². The molecule has 0 aliphatic heterocycles. The maximum atomic E-state index is 12.8. The maximum absolute atomic E-state index is 12.8. The number of rotatable bonds is 5. The van der Waals surface area contributed by atoms with Crippen LogP contribution in [0.4, 0.5) is 5.69 Å². The first-order valence-corrected chi connectivity index (χ1v) is 9.97. The predicted molar refractivity (Wildman–Crippen MR) is 103 cm³/mol. The van der Waals surface area contributed by atoms with Gasteiger partial charge in [-0.25, -0.2) is 8.42 Å². The molecule has 0 spiro atoms. The van der Waals surface area contributed by atoms with Crippen molar-refractivity contribution >= 4 is 27.3 Å². The molecule has 0 saturated carbocycles. The van der Waals surface area contributed by atoms with E-state index in [4.69, 9.17) is 16.3 Å². The van der Waals surface area contributed by atoms with Gasteiger partial charge in [-0.3, -0.25) is 4.72 Å². The number of anilines is 1. The number of nitrogens with one attached hydrogen (secondary N) is 1. The molecular formula is C19H24ClNO3S. The average molecular weight is 382 g/mol. The number of aryl methyl sites for hydroxylation is 1. The highest BCUT2D eigenvalue weighted by Gasteiger charge is 2.23. The summed E-state index contributed by atoms with van der Waals surface area (Å²) in [6.45, 7) is 10.3. The number of hydrogen-bond donors (Lipinski definition) is 1. The zero-order chi connectivity index (χ0) is 18.8. The Morgan fingerprint density at radius 3 is 2.40 bits per heavy atom. The topological polar surface area (TPSA) is 55.4 Å². The van der Waals surface area contributed by atoms with Gasteiger partial charge in [-0.15, -0.1) is 0 Å². The molecule has 2 rings (SSSR count). The second-order valence-corrected chi connectivity index (χ2v) is 9.02. The Balaban J connectivity index is 2.47. The second kappa shape index (κ2) is 7.26. The molecule has 0 radical (unpaired) electrons. The van der Waals surface area contributed by atoms with Crippen molar-refractivity contribution in [2.24, 2.45) is 0 Å². The summed E-state index contributed by atoms with van der Waals surface area (Å²) in [4.78, 5) is 0.195. The van der Waals surface area contributed by atoms with E-state index in [1.54, 1.807) is 36.4 Å². The Morgan fingerprint density at radius 2 is 1.80 bits per heavy atom. The monoisotopic (exact) mass is 381 g/mol. The summed E-state index contributed by atoms with van der Waals surface area (Å²) in [5, 5.41) is 0.477. The fourth-order valence-corrected chi connectivity index (χ4v) is 3.77. The number of sulfonamides is 1. The summed E-state index contributed by atoms with van der Waals surface area (Å²) in [5.74, 6) is 0.702. The van der Waals surface area contributed by atoms with Crippen molar-refractivity contribution in [2.75, 3.05) is 11.3 Å². The zero-order valence-electron chi connectivity index (χ0n) is 15.2. The molecule has 25 heavy (non-hydrogen) atoms. The molecule has 0 aromatic heterocycles. The van der Waals surface area contributed by atoms with Gasteiger partial charge in [0.25, 0.3) is 10.0 Å². The lowest BCUT2D eigenvalue weighted by Gasteiger charge is -2.23. The number of hydrogen-bond acceptors (Lipinski definition) is 3. The first-order valence-electron chi connectivity index (χ1n) is 8.11. The van der Waals surface area contributed by atoms with Crippen molar-refractivity contribution in [3.8, 4) is 5.75 Å². The molecule has 0 bridgehead atoms. The van der Waals surface area contributed by atoms with Gasteiger partial charge in [0.05, 0.1) is 17.2 Å². The van der Waals surface area contributed by atoms with E-state index in [9.17, 15) is 8.42 Å². The Hall–Kier alpha value is -1.72. The third-order valence-corrected chi connectivity index (χ3v) is 5.41. The van der Waals surface area contributed by atoms with Crippen molar-refractivity contribution < 1.29 is 13.2 Å². The SMILES string of the molecule is CCOc1ccc(S(=O)(=O)Nc2cc(Cl)ccc2C)cc1C(C)(C)C. The van der Waals surface area contributed by atoms with Gasteiger partial charge >= 0.3 is 0 Å². The lowest BCUT2D eigenvalue weighted by molar-refractivity contribution is 0.329. The van der Waals surface area contributed by atoms with Gasteiger partial charge in [0.2, 0.25) is 0 Å². The van der Waals surface area contributed by atoms with E-state index < -0.39 is 10.0 Å².